The second-order valence-corrected chi connectivity index (χ2v) is 2.87. The fourth-order valence-corrected chi connectivity index (χ4v) is 0.821. The molecule has 1 radical (unpaired) electrons. The fraction of sp³-hybridized carbons (Fsp3) is 0.600. The first kappa shape index (κ1) is 9.12. The number of carbonyl (C=O) groups is 1. The Kier molecular flexibility index (Phi) is 3.66. The van der Waals surface area contributed by atoms with Crippen molar-refractivity contribution in [3.8, 4) is 11.8 Å². The average Bonchev–Trinajstić information content (AvgIpc) is 2.87. The summed E-state index contributed by atoms with van der Waals surface area (Å²) in [5, 5.41) is 0. The summed E-state index contributed by atoms with van der Waals surface area (Å²) in [6.45, 7) is 0. The van der Waals surface area contributed by atoms with Crippen molar-refractivity contribution in [1.82, 2.24) is 0 Å². The van der Waals surface area contributed by atoms with Gasteiger partial charge in [-0.3, -0.25) is 4.79 Å². The van der Waals surface area contributed by atoms with E-state index in [2.05, 4.69) is 23.0 Å². The number of hydrogen-bond donors (Lipinski definition) is 0. The summed E-state index contributed by atoms with van der Waals surface area (Å²) in [4.78, 5) is 10.6. The van der Waals surface area contributed by atoms with Crippen molar-refractivity contribution in [2.75, 3.05) is 7.11 Å². The summed E-state index contributed by atoms with van der Waals surface area (Å²) in [6.07, 6.45) is 5.46. The normalized spacial score (nSPS) is 14.8. The number of carbonyl (C=O) groups excluding carboxylic acids is 1. The lowest BCUT2D eigenvalue weighted by Gasteiger charge is -1.91. The Morgan fingerprint density at radius 1 is 1.67 bits per heavy atom. The SMILES string of the molecule is COC(=O)CCC#CCC1[CH]C1. The van der Waals surface area contributed by atoms with Crippen molar-refractivity contribution < 1.29 is 9.53 Å². The van der Waals surface area contributed by atoms with Crippen LogP contribution in [0, 0.1) is 24.2 Å². The lowest BCUT2D eigenvalue weighted by atomic mass is 10.2. The van der Waals surface area contributed by atoms with Gasteiger partial charge < -0.3 is 4.74 Å². The van der Waals surface area contributed by atoms with E-state index in [0.29, 0.717) is 12.8 Å². The van der Waals surface area contributed by atoms with Gasteiger partial charge in [-0.2, -0.15) is 0 Å². The highest BCUT2D eigenvalue weighted by Gasteiger charge is 2.19. The molecule has 0 aromatic carbocycles. The monoisotopic (exact) mass is 165 g/mol. The third-order valence-electron chi connectivity index (χ3n) is 1.74. The summed E-state index contributed by atoms with van der Waals surface area (Å²) >= 11 is 0. The maximum atomic E-state index is 10.6. The summed E-state index contributed by atoms with van der Waals surface area (Å²) in [5.41, 5.74) is 0. The molecular formula is C10H13O2. The van der Waals surface area contributed by atoms with Gasteiger partial charge in [0.05, 0.1) is 13.5 Å². The molecule has 1 aliphatic rings. The number of methoxy groups -OCH3 is 1. The van der Waals surface area contributed by atoms with Gasteiger partial charge in [-0.05, 0) is 18.8 Å². The van der Waals surface area contributed by atoms with Crippen LogP contribution in [0.4, 0.5) is 0 Å². The molecule has 0 aromatic rings. The standard InChI is InChI=1S/C10H13O2/c1-12-10(11)6-4-2-3-5-9-7-8-9/h7,9H,4-6,8H2,1H3. The third-order valence-corrected chi connectivity index (χ3v) is 1.74. The predicted octanol–water partition coefficient (Wildman–Crippen LogP) is 1.56. The van der Waals surface area contributed by atoms with E-state index in [1.807, 2.05) is 0 Å². The van der Waals surface area contributed by atoms with Gasteiger partial charge in [0.15, 0.2) is 0 Å². The lowest BCUT2D eigenvalue weighted by Crippen LogP contribution is -1.98. The Morgan fingerprint density at radius 2 is 2.42 bits per heavy atom. The smallest absolute Gasteiger partial charge is 0.306 e. The minimum absolute atomic E-state index is 0.178. The number of esters is 1. The van der Waals surface area contributed by atoms with E-state index in [1.54, 1.807) is 0 Å². The maximum absolute atomic E-state index is 10.6. The molecule has 1 atom stereocenters. The molecule has 65 valence electrons. The molecule has 1 aliphatic carbocycles. The highest BCUT2D eigenvalue weighted by atomic mass is 16.5. The Hall–Kier alpha value is -0.970. The van der Waals surface area contributed by atoms with Crippen molar-refractivity contribution in [2.24, 2.45) is 5.92 Å². The fourth-order valence-electron chi connectivity index (χ4n) is 0.821. The molecule has 1 unspecified atom stereocenters. The van der Waals surface area contributed by atoms with Crippen LogP contribution in [-0.2, 0) is 9.53 Å². The van der Waals surface area contributed by atoms with Crippen LogP contribution < -0.4 is 0 Å². The van der Waals surface area contributed by atoms with E-state index in [-0.39, 0.29) is 5.97 Å². The molecule has 0 spiro atoms. The number of rotatable bonds is 3. The maximum Gasteiger partial charge on any atom is 0.306 e. The zero-order chi connectivity index (χ0) is 8.81. The van der Waals surface area contributed by atoms with E-state index in [9.17, 15) is 4.79 Å². The summed E-state index contributed by atoms with van der Waals surface area (Å²) in [7, 11) is 1.40. The Bertz CT molecular complexity index is 206. The van der Waals surface area contributed by atoms with E-state index >= 15 is 0 Å². The van der Waals surface area contributed by atoms with Gasteiger partial charge in [0.25, 0.3) is 0 Å². The summed E-state index contributed by atoms with van der Waals surface area (Å²) < 4.78 is 4.48. The van der Waals surface area contributed by atoms with Gasteiger partial charge in [-0.25, -0.2) is 0 Å². The Balaban J connectivity index is 1.98. The molecule has 0 bridgehead atoms. The highest BCUT2D eigenvalue weighted by Crippen LogP contribution is 2.30. The molecule has 1 rings (SSSR count). The molecular weight excluding hydrogens is 152 g/mol. The molecule has 2 nitrogen and oxygen atoms in total. The zero-order valence-electron chi connectivity index (χ0n) is 7.30. The highest BCUT2D eigenvalue weighted by molar-refractivity contribution is 5.69. The topological polar surface area (TPSA) is 26.3 Å². The van der Waals surface area contributed by atoms with Crippen LogP contribution in [0.1, 0.15) is 25.7 Å². The van der Waals surface area contributed by atoms with Crippen LogP contribution >= 0.6 is 0 Å². The van der Waals surface area contributed by atoms with Crippen molar-refractivity contribution in [3.63, 3.8) is 0 Å². The number of ether oxygens (including phenoxy) is 1. The molecule has 0 amide bonds. The van der Waals surface area contributed by atoms with E-state index in [1.165, 1.54) is 13.5 Å². The quantitative estimate of drug-likeness (QED) is 0.468. The average molecular weight is 165 g/mol. The van der Waals surface area contributed by atoms with Gasteiger partial charge >= 0.3 is 5.97 Å². The Labute approximate surface area is 73.3 Å². The van der Waals surface area contributed by atoms with Gasteiger partial charge in [-0.15, -0.1) is 11.8 Å². The minimum Gasteiger partial charge on any atom is -0.469 e. The van der Waals surface area contributed by atoms with Crippen LogP contribution in [0.15, 0.2) is 0 Å². The molecule has 0 aliphatic heterocycles. The van der Waals surface area contributed by atoms with Crippen LogP contribution in [0.5, 0.6) is 0 Å². The second kappa shape index (κ2) is 4.82. The lowest BCUT2D eigenvalue weighted by molar-refractivity contribution is -0.140. The first-order valence-corrected chi connectivity index (χ1v) is 4.19. The Morgan fingerprint density at radius 3 is 3.00 bits per heavy atom. The predicted molar refractivity (Wildman–Crippen MR) is 46.1 cm³/mol. The van der Waals surface area contributed by atoms with E-state index in [4.69, 9.17) is 0 Å². The summed E-state index contributed by atoms with van der Waals surface area (Å²) in [6, 6.07) is 0. The number of hydrogen-bond acceptors (Lipinski definition) is 2. The molecule has 2 heteroatoms. The molecule has 1 fully saturated rings. The van der Waals surface area contributed by atoms with Gasteiger partial charge in [0.2, 0.25) is 0 Å². The van der Waals surface area contributed by atoms with Crippen LogP contribution in [-0.4, -0.2) is 13.1 Å². The van der Waals surface area contributed by atoms with Crippen molar-refractivity contribution in [2.45, 2.75) is 25.7 Å². The van der Waals surface area contributed by atoms with Gasteiger partial charge in [-0.1, -0.05) is 0 Å². The zero-order valence-corrected chi connectivity index (χ0v) is 7.30. The molecule has 0 aromatic heterocycles. The van der Waals surface area contributed by atoms with Crippen LogP contribution in [0.2, 0.25) is 0 Å². The first-order valence-electron chi connectivity index (χ1n) is 4.19. The van der Waals surface area contributed by atoms with Gasteiger partial charge in [0, 0.05) is 12.8 Å². The van der Waals surface area contributed by atoms with E-state index in [0.717, 1.165) is 12.3 Å². The van der Waals surface area contributed by atoms with Crippen LogP contribution in [0.3, 0.4) is 0 Å². The van der Waals surface area contributed by atoms with Crippen LogP contribution in [0.25, 0.3) is 0 Å². The minimum atomic E-state index is -0.178. The van der Waals surface area contributed by atoms with Gasteiger partial charge in [0.1, 0.15) is 0 Å². The third kappa shape index (κ3) is 4.02. The van der Waals surface area contributed by atoms with Crippen molar-refractivity contribution in [3.05, 3.63) is 6.42 Å². The van der Waals surface area contributed by atoms with Crippen molar-refractivity contribution >= 4 is 5.97 Å². The largest absolute Gasteiger partial charge is 0.469 e. The van der Waals surface area contributed by atoms with E-state index < -0.39 is 0 Å². The molecule has 1 saturated carbocycles. The summed E-state index contributed by atoms with van der Waals surface area (Å²) in [5.74, 6) is 6.54. The first-order chi connectivity index (χ1) is 5.83. The molecule has 12 heavy (non-hydrogen) atoms. The molecule has 0 saturated heterocycles. The molecule has 0 N–H and O–H groups in total. The molecule has 0 heterocycles. The van der Waals surface area contributed by atoms with Crippen molar-refractivity contribution in [1.29, 1.82) is 0 Å². The second-order valence-electron chi connectivity index (χ2n) is 2.87.